The molecule has 4 heterocycles. The Morgan fingerprint density at radius 1 is 1.25 bits per heavy atom. The molecule has 4 rings (SSSR count). The number of likely N-dealkylation sites (tertiary alicyclic amines) is 1. The Bertz CT molecular complexity index is 454. The Morgan fingerprint density at radius 3 is 2.85 bits per heavy atom. The van der Waals surface area contributed by atoms with Gasteiger partial charge in [0.05, 0.1) is 6.61 Å². The fraction of sp³-hybridized carbons (Fsp3) is 0.733. The summed E-state index contributed by atoms with van der Waals surface area (Å²) in [6.45, 7) is 7.86. The molecule has 1 spiro atoms. The van der Waals surface area contributed by atoms with Gasteiger partial charge in [-0.15, -0.1) is 0 Å². The molecule has 0 amide bonds. The van der Waals surface area contributed by atoms with Crippen molar-refractivity contribution in [2.75, 3.05) is 50.8 Å². The average Bonchev–Trinajstić information content (AvgIpc) is 3.09. The second kappa shape index (κ2) is 4.97. The van der Waals surface area contributed by atoms with Crippen molar-refractivity contribution >= 4 is 5.95 Å². The van der Waals surface area contributed by atoms with Crippen molar-refractivity contribution in [3.8, 4) is 0 Å². The van der Waals surface area contributed by atoms with Gasteiger partial charge in [-0.3, -0.25) is 0 Å². The van der Waals surface area contributed by atoms with Gasteiger partial charge in [-0.1, -0.05) is 0 Å². The predicted octanol–water partition coefficient (Wildman–Crippen LogP) is 1.03. The summed E-state index contributed by atoms with van der Waals surface area (Å²) in [7, 11) is 0. The molecule has 5 heteroatoms. The summed E-state index contributed by atoms with van der Waals surface area (Å²) in [6.07, 6.45) is 6.19. The van der Waals surface area contributed by atoms with E-state index >= 15 is 0 Å². The van der Waals surface area contributed by atoms with Crippen LogP contribution in [0.4, 0.5) is 5.95 Å². The molecule has 3 aliphatic rings. The number of rotatable bonds is 3. The van der Waals surface area contributed by atoms with Crippen molar-refractivity contribution in [1.82, 2.24) is 14.9 Å². The lowest BCUT2D eigenvalue weighted by atomic mass is 9.78. The third kappa shape index (κ3) is 2.29. The molecule has 0 aromatic carbocycles. The predicted molar refractivity (Wildman–Crippen MR) is 76.7 cm³/mol. The highest BCUT2D eigenvalue weighted by molar-refractivity contribution is 5.32. The molecule has 0 saturated carbocycles. The molecule has 3 aliphatic heterocycles. The summed E-state index contributed by atoms with van der Waals surface area (Å²) in [5.41, 5.74) is 0.499. The summed E-state index contributed by atoms with van der Waals surface area (Å²) >= 11 is 0. The molecule has 0 unspecified atom stereocenters. The lowest BCUT2D eigenvalue weighted by Gasteiger charge is -2.48. The van der Waals surface area contributed by atoms with Gasteiger partial charge in [-0.25, -0.2) is 9.97 Å². The number of nitrogens with zero attached hydrogens (tertiary/aromatic N) is 4. The SMILES string of the molecule is c1cnc(N2CCC3(CN(C[C@H]4CCOC4)C3)C2)nc1. The fourth-order valence-electron chi connectivity index (χ4n) is 3.94. The van der Waals surface area contributed by atoms with Gasteiger partial charge in [-0.05, 0) is 24.8 Å². The minimum atomic E-state index is 0.499. The van der Waals surface area contributed by atoms with Crippen LogP contribution in [0, 0.1) is 11.3 Å². The van der Waals surface area contributed by atoms with Crippen LogP contribution in [0.3, 0.4) is 0 Å². The van der Waals surface area contributed by atoms with Gasteiger partial charge in [0, 0.05) is 57.1 Å². The molecule has 1 aromatic heterocycles. The highest BCUT2D eigenvalue weighted by Crippen LogP contribution is 2.40. The number of hydrogen-bond acceptors (Lipinski definition) is 5. The topological polar surface area (TPSA) is 41.5 Å². The monoisotopic (exact) mass is 274 g/mol. The number of ether oxygens (including phenoxy) is 1. The summed E-state index contributed by atoms with van der Waals surface area (Å²) < 4.78 is 5.47. The van der Waals surface area contributed by atoms with Gasteiger partial charge in [0.15, 0.2) is 0 Å². The highest BCUT2D eigenvalue weighted by Gasteiger charge is 2.48. The number of aromatic nitrogens is 2. The molecule has 3 fully saturated rings. The minimum Gasteiger partial charge on any atom is -0.381 e. The van der Waals surface area contributed by atoms with Crippen LogP contribution in [0.25, 0.3) is 0 Å². The first-order chi connectivity index (χ1) is 9.83. The van der Waals surface area contributed by atoms with Crippen molar-refractivity contribution in [1.29, 1.82) is 0 Å². The lowest BCUT2D eigenvalue weighted by molar-refractivity contribution is 0.00526. The molecular weight excluding hydrogens is 252 g/mol. The molecule has 20 heavy (non-hydrogen) atoms. The Morgan fingerprint density at radius 2 is 2.10 bits per heavy atom. The first kappa shape index (κ1) is 12.5. The van der Waals surface area contributed by atoms with E-state index < -0.39 is 0 Å². The molecule has 3 saturated heterocycles. The van der Waals surface area contributed by atoms with Gasteiger partial charge in [0.2, 0.25) is 5.95 Å². The Hall–Kier alpha value is -1.20. The Kier molecular flexibility index (Phi) is 3.11. The zero-order chi connectivity index (χ0) is 13.4. The average molecular weight is 274 g/mol. The van der Waals surface area contributed by atoms with Crippen molar-refractivity contribution in [2.45, 2.75) is 12.8 Å². The second-order valence-electron chi connectivity index (χ2n) is 6.62. The van der Waals surface area contributed by atoms with Gasteiger partial charge in [0.1, 0.15) is 0 Å². The smallest absolute Gasteiger partial charge is 0.225 e. The van der Waals surface area contributed by atoms with Crippen LogP contribution in [0.15, 0.2) is 18.5 Å². The Labute approximate surface area is 120 Å². The highest BCUT2D eigenvalue weighted by atomic mass is 16.5. The molecule has 0 radical (unpaired) electrons. The molecule has 0 bridgehead atoms. The normalized spacial score (nSPS) is 29.0. The third-order valence-electron chi connectivity index (χ3n) is 4.93. The molecule has 1 aromatic rings. The molecule has 0 aliphatic carbocycles. The first-order valence-corrected chi connectivity index (χ1v) is 7.65. The van der Waals surface area contributed by atoms with Crippen LogP contribution in [0.1, 0.15) is 12.8 Å². The first-order valence-electron chi connectivity index (χ1n) is 7.65. The van der Waals surface area contributed by atoms with E-state index in [1.54, 1.807) is 0 Å². The van der Waals surface area contributed by atoms with Gasteiger partial charge >= 0.3 is 0 Å². The summed E-state index contributed by atoms with van der Waals surface area (Å²) in [5, 5.41) is 0. The van der Waals surface area contributed by atoms with Crippen molar-refractivity contribution in [3.05, 3.63) is 18.5 Å². The van der Waals surface area contributed by atoms with E-state index in [0.717, 1.165) is 38.2 Å². The van der Waals surface area contributed by atoms with Crippen LogP contribution in [0.5, 0.6) is 0 Å². The molecule has 108 valence electrons. The Balaban J connectivity index is 1.31. The van der Waals surface area contributed by atoms with Crippen LogP contribution >= 0.6 is 0 Å². The van der Waals surface area contributed by atoms with E-state index in [9.17, 15) is 0 Å². The molecule has 0 N–H and O–H groups in total. The zero-order valence-corrected chi connectivity index (χ0v) is 11.9. The van der Waals surface area contributed by atoms with Crippen molar-refractivity contribution in [2.24, 2.45) is 11.3 Å². The molecular formula is C15H22N4O. The van der Waals surface area contributed by atoms with E-state index in [0.29, 0.717) is 5.41 Å². The minimum absolute atomic E-state index is 0.499. The quantitative estimate of drug-likeness (QED) is 0.823. The third-order valence-corrected chi connectivity index (χ3v) is 4.93. The maximum atomic E-state index is 5.47. The van der Waals surface area contributed by atoms with E-state index in [1.165, 1.54) is 32.5 Å². The maximum Gasteiger partial charge on any atom is 0.225 e. The lowest BCUT2D eigenvalue weighted by Crippen LogP contribution is -2.58. The van der Waals surface area contributed by atoms with Gasteiger partial charge in [-0.2, -0.15) is 0 Å². The molecule has 1 atom stereocenters. The number of hydrogen-bond donors (Lipinski definition) is 0. The number of anilines is 1. The zero-order valence-electron chi connectivity index (χ0n) is 11.9. The fourth-order valence-corrected chi connectivity index (χ4v) is 3.94. The van der Waals surface area contributed by atoms with E-state index in [1.807, 2.05) is 18.5 Å². The van der Waals surface area contributed by atoms with E-state index in [-0.39, 0.29) is 0 Å². The summed E-state index contributed by atoms with van der Waals surface area (Å²) in [6, 6.07) is 1.88. The van der Waals surface area contributed by atoms with Crippen LogP contribution < -0.4 is 4.90 Å². The van der Waals surface area contributed by atoms with Crippen LogP contribution in [-0.4, -0.2) is 60.8 Å². The largest absolute Gasteiger partial charge is 0.381 e. The standard InChI is InChI=1S/C15H22N4O/c1-4-16-14(17-5-1)19-6-3-15(12-19)10-18(11-15)8-13-2-7-20-9-13/h1,4-5,13H,2-3,6-12H2/t13-/m1/s1. The maximum absolute atomic E-state index is 5.47. The van der Waals surface area contributed by atoms with Crippen LogP contribution in [0.2, 0.25) is 0 Å². The summed E-state index contributed by atoms with van der Waals surface area (Å²) in [4.78, 5) is 13.7. The molecule has 5 nitrogen and oxygen atoms in total. The van der Waals surface area contributed by atoms with E-state index in [2.05, 4.69) is 19.8 Å². The van der Waals surface area contributed by atoms with Crippen molar-refractivity contribution < 1.29 is 4.74 Å². The van der Waals surface area contributed by atoms with Crippen LogP contribution in [-0.2, 0) is 4.74 Å². The van der Waals surface area contributed by atoms with Crippen molar-refractivity contribution in [3.63, 3.8) is 0 Å². The second-order valence-corrected chi connectivity index (χ2v) is 6.62. The van der Waals surface area contributed by atoms with E-state index in [4.69, 9.17) is 4.74 Å². The van der Waals surface area contributed by atoms with Gasteiger partial charge < -0.3 is 14.5 Å². The summed E-state index contributed by atoms with van der Waals surface area (Å²) in [5.74, 6) is 1.66. The van der Waals surface area contributed by atoms with Gasteiger partial charge in [0.25, 0.3) is 0 Å².